The number of rotatable bonds is 1. The first-order valence-electron chi connectivity index (χ1n) is 5.26. The Labute approximate surface area is 97.0 Å². The quantitative estimate of drug-likeness (QED) is 0.703. The molecule has 2 rings (SSSR count). The Morgan fingerprint density at radius 3 is 2.18 bits per heavy atom. The third-order valence-electron chi connectivity index (χ3n) is 2.38. The normalized spacial score (nSPS) is 13.0. The summed E-state index contributed by atoms with van der Waals surface area (Å²) in [5.74, 6) is 0. The van der Waals surface area contributed by atoms with E-state index >= 15 is 0 Å². The van der Waals surface area contributed by atoms with E-state index < -0.39 is 0 Å². The van der Waals surface area contributed by atoms with E-state index in [4.69, 9.17) is 0 Å². The molecule has 0 saturated carbocycles. The fraction of sp³-hybridized carbons (Fsp3) is 0.0769. The van der Waals surface area contributed by atoms with Crippen molar-refractivity contribution in [1.29, 1.82) is 0 Å². The number of hydrogen-bond acceptors (Lipinski definition) is 2. The molecule has 1 aromatic heterocycles. The lowest BCUT2D eigenvalue weighted by molar-refractivity contribution is 1.00. The molecule has 0 fully saturated rings. The molecular formula is C13H12N2O2. The molecule has 0 atom stereocenters. The van der Waals surface area contributed by atoms with Gasteiger partial charge in [0, 0.05) is 0 Å². The first-order valence-corrected chi connectivity index (χ1v) is 5.26. The average Bonchev–Trinajstić information content (AvgIpc) is 2.34. The van der Waals surface area contributed by atoms with Crippen LogP contribution in [0.3, 0.4) is 0 Å². The lowest BCUT2D eigenvalue weighted by atomic mass is 10.2. The molecule has 86 valence electrons. The molecule has 0 aliphatic rings. The molecule has 4 heteroatoms. The van der Waals surface area contributed by atoms with Crippen LogP contribution in [-0.2, 0) is 0 Å². The van der Waals surface area contributed by atoms with Crippen LogP contribution < -0.4 is 21.8 Å². The first kappa shape index (κ1) is 11.1. The van der Waals surface area contributed by atoms with Gasteiger partial charge in [0.1, 0.15) is 10.7 Å². The summed E-state index contributed by atoms with van der Waals surface area (Å²) in [6, 6.07) is 9.34. The molecule has 0 spiro atoms. The van der Waals surface area contributed by atoms with Crippen molar-refractivity contribution in [2.45, 2.75) is 6.92 Å². The van der Waals surface area contributed by atoms with E-state index in [1.165, 1.54) is 0 Å². The molecule has 2 aromatic rings. The number of H-pyrrole nitrogens is 2. The molecule has 0 radical (unpaired) electrons. The van der Waals surface area contributed by atoms with Gasteiger partial charge in [-0.25, -0.2) is 0 Å². The number of hydrogen-bond donors (Lipinski definition) is 2. The van der Waals surface area contributed by atoms with Crippen molar-refractivity contribution >= 4 is 12.2 Å². The van der Waals surface area contributed by atoms with Gasteiger partial charge >= 0.3 is 0 Å². The maximum absolute atomic E-state index is 11.7. The highest BCUT2D eigenvalue weighted by Crippen LogP contribution is 1.96. The van der Waals surface area contributed by atoms with Gasteiger partial charge in [-0.05, 0) is 18.6 Å². The molecule has 0 saturated heterocycles. The zero-order valence-electron chi connectivity index (χ0n) is 9.36. The topological polar surface area (TPSA) is 65.7 Å². The third kappa shape index (κ3) is 2.42. The molecule has 0 bridgehead atoms. The Kier molecular flexibility index (Phi) is 3.05. The zero-order valence-corrected chi connectivity index (χ0v) is 9.36. The van der Waals surface area contributed by atoms with E-state index in [-0.39, 0.29) is 21.8 Å². The second-order valence-corrected chi connectivity index (χ2v) is 3.58. The van der Waals surface area contributed by atoms with Gasteiger partial charge in [-0.15, -0.1) is 0 Å². The smallest absolute Gasteiger partial charge is 0.272 e. The van der Waals surface area contributed by atoms with Gasteiger partial charge in [-0.1, -0.05) is 36.4 Å². The largest absolute Gasteiger partial charge is 0.316 e. The summed E-state index contributed by atoms with van der Waals surface area (Å²) in [6.45, 7) is 1.70. The zero-order chi connectivity index (χ0) is 12.3. The Morgan fingerprint density at radius 1 is 0.941 bits per heavy atom. The second-order valence-electron chi connectivity index (χ2n) is 3.58. The minimum Gasteiger partial charge on any atom is -0.316 e. The van der Waals surface area contributed by atoms with Crippen molar-refractivity contribution in [2.75, 3.05) is 0 Å². The third-order valence-corrected chi connectivity index (χ3v) is 2.38. The van der Waals surface area contributed by atoms with Crippen LogP contribution in [0, 0.1) is 0 Å². The highest BCUT2D eigenvalue weighted by atomic mass is 16.1. The molecule has 1 heterocycles. The van der Waals surface area contributed by atoms with Crippen LogP contribution in [0.4, 0.5) is 0 Å². The minimum absolute atomic E-state index is 0.256. The van der Waals surface area contributed by atoms with Crippen molar-refractivity contribution in [3.05, 3.63) is 67.3 Å². The predicted octanol–water partition coefficient (Wildman–Crippen LogP) is -0.308. The molecule has 4 nitrogen and oxygen atoms in total. The van der Waals surface area contributed by atoms with E-state index in [0.29, 0.717) is 0 Å². The van der Waals surface area contributed by atoms with Crippen LogP contribution in [-0.4, -0.2) is 9.97 Å². The fourth-order valence-electron chi connectivity index (χ4n) is 1.51. The average molecular weight is 228 g/mol. The molecule has 0 amide bonds. The number of aromatic amines is 2. The Balaban J connectivity index is 2.71. The molecule has 0 aliphatic heterocycles. The first-order chi connectivity index (χ1) is 8.20. The summed E-state index contributed by atoms with van der Waals surface area (Å²) in [7, 11) is 0. The summed E-state index contributed by atoms with van der Waals surface area (Å²) in [4.78, 5) is 28.3. The van der Waals surface area contributed by atoms with Gasteiger partial charge in [0.15, 0.2) is 0 Å². The second kappa shape index (κ2) is 4.65. The van der Waals surface area contributed by atoms with E-state index in [0.717, 1.165) is 5.56 Å². The summed E-state index contributed by atoms with van der Waals surface area (Å²) < 4.78 is 0. The lowest BCUT2D eigenvalue weighted by Gasteiger charge is -1.91. The minimum atomic E-state index is -0.304. The Hall–Kier alpha value is -2.36. The van der Waals surface area contributed by atoms with Crippen LogP contribution in [0.5, 0.6) is 0 Å². The summed E-state index contributed by atoms with van der Waals surface area (Å²) in [5, 5.41) is 0.534. The molecular weight excluding hydrogens is 216 g/mol. The summed E-state index contributed by atoms with van der Waals surface area (Å²) >= 11 is 0. The van der Waals surface area contributed by atoms with Gasteiger partial charge in [0.05, 0.1) is 0 Å². The van der Waals surface area contributed by atoms with Crippen LogP contribution in [0.2, 0.25) is 0 Å². The van der Waals surface area contributed by atoms with Gasteiger partial charge < -0.3 is 9.97 Å². The standard InChI is InChI=1S/C13H12N2O2/c1-2-10-12(16)15-11(13(17)14-10)8-9-6-4-3-5-7-9/h2-8H,1H3,(H,14,17)(H,15,16)/b10-2+,11-8-. The van der Waals surface area contributed by atoms with Gasteiger partial charge in [-0.2, -0.15) is 0 Å². The SMILES string of the molecule is C/C=c1/[nH]c(=O)/c(=C/c2ccccc2)[nH]c1=O. The van der Waals surface area contributed by atoms with Gasteiger partial charge in [0.25, 0.3) is 11.1 Å². The number of aromatic nitrogens is 2. The van der Waals surface area contributed by atoms with E-state index in [9.17, 15) is 9.59 Å². The highest BCUT2D eigenvalue weighted by molar-refractivity contribution is 5.47. The molecule has 2 N–H and O–H groups in total. The molecule has 0 aliphatic carbocycles. The van der Waals surface area contributed by atoms with E-state index in [1.54, 1.807) is 19.1 Å². The maximum atomic E-state index is 11.7. The van der Waals surface area contributed by atoms with Crippen LogP contribution in [0.15, 0.2) is 39.9 Å². The number of benzene rings is 1. The maximum Gasteiger partial charge on any atom is 0.272 e. The summed E-state index contributed by atoms with van der Waals surface area (Å²) in [5.41, 5.74) is 0.262. The van der Waals surface area contributed by atoms with Crippen LogP contribution in [0.1, 0.15) is 12.5 Å². The van der Waals surface area contributed by atoms with Crippen LogP contribution >= 0.6 is 0 Å². The van der Waals surface area contributed by atoms with E-state index in [1.807, 2.05) is 30.3 Å². The van der Waals surface area contributed by atoms with Crippen molar-refractivity contribution in [3.63, 3.8) is 0 Å². The highest BCUT2D eigenvalue weighted by Gasteiger charge is 1.94. The van der Waals surface area contributed by atoms with Crippen molar-refractivity contribution < 1.29 is 0 Å². The Bertz CT molecular complexity index is 739. The van der Waals surface area contributed by atoms with Gasteiger partial charge in [0.2, 0.25) is 0 Å². The lowest BCUT2D eigenvalue weighted by Crippen LogP contribution is -2.46. The summed E-state index contributed by atoms with van der Waals surface area (Å²) in [6.07, 6.45) is 3.20. The van der Waals surface area contributed by atoms with E-state index in [2.05, 4.69) is 9.97 Å². The monoisotopic (exact) mass is 228 g/mol. The Morgan fingerprint density at radius 2 is 1.53 bits per heavy atom. The number of nitrogens with one attached hydrogen (secondary N) is 2. The van der Waals surface area contributed by atoms with Crippen molar-refractivity contribution in [3.8, 4) is 0 Å². The molecule has 1 aromatic carbocycles. The van der Waals surface area contributed by atoms with Crippen molar-refractivity contribution in [2.24, 2.45) is 0 Å². The predicted molar refractivity (Wildman–Crippen MR) is 67.1 cm³/mol. The van der Waals surface area contributed by atoms with Crippen LogP contribution in [0.25, 0.3) is 12.2 Å². The molecule has 17 heavy (non-hydrogen) atoms. The molecule has 0 unspecified atom stereocenters. The van der Waals surface area contributed by atoms with Crippen molar-refractivity contribution in [1.82, 2.24) is 9.97 Å². The fourth-order valence-corrected chi connectivity index (χ4v) is 1.51. The van der Waals surface area contributed by atoms with Gasteiger partial charge in [-0.3, -0.25) is 9.59 Å².